The van der Waals surface area contributed by atoms with Gasteiger partial charge in [0.05, 0.1) is 12.2 Å². The fourth-order valence-electron chi connectivity index (χ4n) is 2.78. The zero-order valence-electron chi connectivity index (χ0n) is 14.8. The quantitative estimate of drug-likeness (QED) is 0.556. The van der Waals surface area contributed by atoms with Gasteiger partial charge in [0.2, 0.25) is 4.96 Å². The van der Waals surface area contributed by atoms with Gasteiger partial charge in [-0.15, -0.1) is 0 Å². The molecule has 0 aliphatic heterocycles. The Balaban J connectivity index is 1.60. The lowest BCUT2D eigenvalue weighted by atomic mass is 10.1. The number of hydrogen-bond donors (Lipinski definition) is 1. The smallest absolute Gasteiger partial charge is 0.275 e. The summed E-state index contributed by atoms with van der Waals surface area (Å²) in [5.74, 6) is -0.205. The molecule has 0 aliphatic carbocycles. The van der Waals surface area contributed by atoms with Gasteiger partial charge in [-0.05, 0) is 30.7 Å². The van der Waals surface area contributed by atoms with Crippen molar-refractivity contribution in [2.24, 2.45) is 0 Å². The summed E-state index contributed by atoms with van der Waals surface area (Å²) in [6.45, 7) is 2.03. The van der Waals surface area contributed by atoms with Crippen LogP contribution >= 0.6 is 22.9 Å². The minimum Gasteiger partial charge on any atom is -0.346 e. The van der Waals surface area contributed by atoms with E-state index in [4.69, 9.17) is 11.6 Å². The van der Waals surface area contributed by atoms with Gasteiger partial charge in [-0.3, -0.25) is 9.59 Å². The van der Waals surface area contributed by atoms with Gasteiger partial charge in [-0.2, -0.15) is 9.61 Å². The minimum atomic E-state index is -0.297. The van der Waals surface area contributed by atoms with Crippen molar-refractivity contribution >= 4 is 33.8 Å². The molecule has 0 aliphatic rings. The number of fused-ring (bicyclic) bond motifs is 1. The van der Waals surface area contributed by atoms with Crippen molar-refractivity contribution in [2.45, 2.75) is 13.5 Å². The van der Waals surface area contributed by atoms with Crippen LogP contribution in [0.3, 0.4) is 0 Å². The molecule has 1 amide bonds. The van der Waals surface area contributed by atoms with E-state index >= 15 is 0 Å². The Morgan fingerprint density at radius 2 is 2.00 bits per heavy atom. The van der Waals surface area contributed by atoms with Gasteiger partial charge in [0.25, 0.3) is 11.5 Å². The van der Waals surface area contributed by atoms with Crippen molar-refractivity contribution in [1.29, 1.82) is 0 Å². The molecule has 0 radical (unpaired) electrons. The molecule has 0 fully saturated rings. The Kier molecular flexibility index (Phi) is 4.93. The number of rotatable bonds is 4. The van der Waals surface area contributed by atoms with Crippen molar-refractivity contribution in [3.63, 3.8) is 0 Å². The molecule has 0 atom stereocenters. The van der Waals surface area contributed by atoms with Crippen LogP contribution in [0.1, 0.15) is 21.6 Å². The maximum atomic E-state index is 12.4. The standard InChI is InChI=1S/C20H15ClN4O2S/c1-12-5-2-3-8-16(12)18(27)22-11-15-10-17(26)25-20(23-15)28-19(24-25)13-6-4-7-14(21)9-13/h2-10H,11H2,1H3,(H,22,27). The molecule has 2 aromatic carbocycles. The number of amides is 1. The normalized spacial score (nSPS) is 10.9. The van der Waals surface area contributed by atoms with E-state index in [9.17, 15) is 9.59 Å². The highest BCUT2D eigenvalue weighted by atomic mass is 35.5. The lowest BCUT2D eigenvalue weighted by Gasteiger charge is -2.07. The summed E-state index contributed by atoms with van der Waals surface area (Å²) >= 11 is 7.32. The maximum Gasteiger partial charge on any atom is 0.275 e. The van der Waals surface area contributed by atoms with Crippen LogP contribution < -0.4 is 10.9 Å². The lowest BCUT2D eigenvalue weighted by Crippen LogP contribution is -2.25. The number of carbonyl (C=O) groups excluding carboxylic acids is 1. The number of nitrogens with zero attached hydrogens (tertiary/aromatic N) is 3. The lowest BCUT2D eigenvalue weighted by molar-refractivity contribution is 0.0950. The van der Waals surface area contributed by atoms with Crippen molar-refractivity contribution in [3.05, 3.63) is 86.8 Å². The van der Waals surface area contributed by atoms with Gasteiger partial charge < -0.3 is 5.32 Å². The summed E-state index contributed by atoms with van der Waals surface area (Å²) in [5.41, 5.74) is 2.48. The van der Waals surface area contributed by atoms with Gasteiger partial charge in [0.15, 0.2) is 0 Å². The largest absolute Gasteiger partial charge is 0.346 e. The van der Waals surface area contributed by atoms with Gasteiger partial charge in [0.1, 0.15) is 5.01 Å². The first-order valence-corrected chi connectivity index (χ1v) is 9.70. The van der Waals surface area contributed by atoms with Gasteiger partial charge in [-0.25, -0.2) is 4.98 Å². The number of aromatic nitrogens is 3. The molecular weight excluding hydrogens is 396 g/mol. The van der Waals surface area contributed by atoms with E-state index in [0.29, 0.717) is 26.2 Å². The van der Waals surface area contributed by atoms with E-state index in [-0.39, 0.29) is 18.0 Å². The third kappa shape index (κ3) is 3.67. The molecule has 8 heteroatoms. The summed E-state index contributed by atoms with van der Waals surface area (Å²) in [5, 5.41) is 8.39. The van der Waals surface area contributed by atoms with Crippen LogP contribution in [0.5, 0.6) is 0 Å². The van der Waals surface area contributed by atoms with Crippen LogP contribution in [0, 0.1) is 6.92 Å². The fraction of sp³-hybridized carbons (Fsp3) is 0.100. The zero-order chi connectivity index (χ0) is 19.7. The Morgan fingerprint density at radius 3 is 2.79 bits per heavy atom. The summed E-state index contributed by atoms with van der Waals surface area (Å²) < 4.78 is 1.26. The van der Waals surface area contributed by atoms with Crippen LogP contribution in [0.15, 0.2) is 59.4 Å². The number of carbonyl (C=O) groups is 1. The van der Waals surface area contributed by atoms with Crippen molar-refractivity contribution in [2.75, 3.05) is 0 Å². The van der Waals surface area contributed by atoms with Crippen LogP contribution in [-0.2, 0) is 6.54 Å². The average Bonchev–Trinajstić information content (AvgIpc) is 3.11. The number of halogens is 1. The second-order valence-corrected chi connectivity index (χ2v) is 7.59. The number of nitrogens with one attached hydrogen (secondary N) is 1. The van der Waals surface area contributed by atoms with E-state index in [1.54, 1.807) is 18.2 Å². The average molecular weight is 411 g/mol. The van der Waals surface area contributed by atoms with Crippen molar-refractivity contribution in [1.82, 2.24) is 19.9 Å². The maximum absolute atomic E-state index is 12.4. The first-order valence-electron chi connectivity index (χ1n) is 8.51. The Labute approximate surface area is 169 Å². The third-order valence-electron chi connectivity index (χ3n) is 4.19. The van der Waals surface area contributed by atoms with Crippen LogP contribution in [0.4, 0.5) is 0 Å². The summed E-state index contributed by atoms with van der Waals surface area (Å²) in [6.07, 6.45) is 0. The van der Waals surface area contributed by atoms with Gasteiger partial charge >= 0.3 is 0 Å². The zero-order valence-corrected chi connectivity index (χ0v) is 16.4. The van der Waals surface area contributed by atoms with E-state index in [0.717, 1.165) is 11.1 Å². The predicted molar refractivity (Wildman–Crippen MR) is 110 cm³/mol. The molecule has 140 valence electrons. The Hall–Kier alpha value is -3.03. The summed E-state index contributed by atoms with van der Waals surface area (Å²) in [7, 11) is 0. The first kappa shape index (κ1) is 18.3. The molecule has 0 saturated heterocycles. The highest BCUT2D eigenvalue weighted by Crippen LogP contribution is 2.26. The first-order chi connectivity index (χ1) is 13.5. The van der Waals surface area contributed by atoms with E-state index in [2.05, 4.69) is 15.4 Å². The Bertz CT molecular complexity index is 1250. The number of hydrogen-bond acceptors (Lipinski definition) is 5. The van der Waals surface area contributed by atoms with Gasteiger partial charge in [-0.1, -0.05) is 53.3 Å². The second kappa shape index (κ2) is 7.53. The minimum absolute atomic E-state index is 0.156. The second-order valence-electron chi connectivity index (χ2n) is 6.20. The molecule has 28 heavy (non-hydrogen) atoms. The van der Waals surface area contributed by atoms with E-state index in [1.165, 1.54) is 21.9 Å². The molecule has 6 nitrogen and oxygen atoms in total. The monoisotopic (exact) mass is 410 g/mol. The van der Waals surface area contributed by atoms with Crippen LogP contribution in [0.25, 0.3) is 15.5 Å². The predicted octanol–water partition coefficient (Wildman–Crippen LogP) is 3.71. The molecule has 4 aromatic rings. The SMILES string of the molecule is Cc1ccccc1C(=O)NCc1cc(=O)n2nc(-c3cccc(Cl)c3)sc2n1. The van der Waals surface area contributed by atoms with E-state index in [1.807, 2.05) is 37.3 Å². The summed E-state index contributed by atoms with van der Waals surface area (Å²) in [6, 6.07) is 16.0. The highest BCUT2D eigenvalue weighted by Gasteiger charge is 2.12. The van der Waals surface area contributed by atoms with Crippen LogP contribution in [-0.4, -0.2) is 20.5 Å². The topological polar surface area (TPSA) is 76.4 Å². The molecule has 0 bridgehead atoms. The number of aryl methyl sites for hydroxylation is 1. The molecule has 0 unspecified atom stereocenters. The molecule has 4 rings (SSSR count). The molecule has 2 heterocycles. The third-order valence-corrected chi connectivity index (χ3v) is 5.38. The molecular formula is C20H15ClN4O2S. The molecule has 0 saturated carbocycles. The summed E-state index contributed by atoms with van der Waals surface area (Å²) in [4.78, 5) is 29.7. The molecule has 1 N–H and O–H groups in total. The molecule has 2 aromatic heterocycles. The highest BCUT2D eigenvalue weighted by molar-refractivity contribution is 7.19. The van der Waals surface area contributed by atoms with Crippen LogP contribution in [0.2, 0.25) is 5.02 Å². The Morgan fingerprint density at radius 1 is 1.18 bits per heavy atom. The van der Waals surface area contributed by atoms with Crippen molar-refractivity contribution in [3.8, 4) is 10.6 Å². The fourth-order valence-corrected chi connectivity index (χ4v) is 3.89. The van der Waals surface area contributed by atoms with Crippen molar-refractivity contribution < 1.29 is 4.79 Å². The van der Waals surface area contributed by atoms with E-state index < -0.39 is 0 Å². The van der Waals surface area contributed by atoms with Gasteiger partial charge in [0, 0.05) is 22.2 Å². The molecule has 0 spiro atoms. The number of benzene rings is 2.